The van der Waals surface area contributed by atoms with Gasteiger partial charge in [0.2, 0.25) is 5.91 Å². The van der Waals surface area contributed by atoms with Crippen molar-refractivity contribution in [2.24, 2.45) is 39.3 Å². The van der Waals surface area contributed by atoms with Crippen molar-refractivity contribution in [2.45, 2.75) is 195 Å². The van der Waals surface area contributed by atoms with Crippen molar-refractivity contribution in [3.05, 3.63) is 70.8 Å². The smallest absolute Gasteiger partial charge is 0.303 e. The molecule has 8 bridgehead atoms. The average Bonchev–Trinajstić information content (AvgIpc) is 4.14. The zero-order valence-corrected chi connectivity index (χ0v) is 42.1. The van der Waals surface area contributed by atoms with Crippen molar-refractivity contribution in [1.29, 1.82) is 0 Å². The number of nitrogens with two attached hydrogens (primary N) is 1. The number of benzene rings is 2. The number of carbonyl (C=O) groups is 2. The molecular formula is C56H76N4O6S2. The molecule has 10 atom stereocenters. The molecule has 4 spiro atoms. The minimum Gasteiger partial charge on any atom is -0.504 e. The van der Waals surface area contributed by atoms with Crippen molar-refractivity contribution >= 4 is 39.4 Å². The van der Waals surface area contributed by atoms with E-state index in [1.807, 2.05) is 26.5 Å². The number of aryl methyl sites for hydroxylation is 1. The summed E-state index contributed by atoms with van der Waals surface area (Å²) in [6, 6.07) is 12.9. The van der Waals surface area contributed by atoms with Gasteiger partial charge in [0.1, 0.15) is 16.1 Å². The standard InChI is InChI=1S/C56H76N4O6S2/c1-37(61)65-53-26-18-39(46(62)32-53)14-6-3-9-29-67-68-56(25-11-23-52(56)21-7-8-22-52)59-51(57)58-34-44-16-17-45(38-12-4-2-5-13-38)54(44)33-47(63)60(36-54)35-42-30-40(19-27-53)48-41-20-28-55(66-50(48)49(42)64)24-10-15-43(55)31-41/h2,4-5,12-13,20,28,30,39,41,43-46,62,64H,3,6-11,14-19,21-27,29,31-36H2,1H3,(H3,57,58,59). The number of phenols is 1. The molecule has 2 aromatic carbocycles. The number of aliphatic hydroxyl groups excluding tert-OH is 1. The van der Waals surface area contributed by atoms with E-state index in [1.54, 1.807) is 0 Å². The molecule has 1 amide bonds. The van der Waals surface area contributed by atoms with Gasteiger partial charge in [0.05, 0.1) is 6.10 Å². The van der Waals surface area contributed by atoms with Crippen molar-refractivity contribution in [3.8, 4) is 11.5 Å². The molecule has 0 radical (unpaired) electrons. The number of aliphatic hydroxyl groups is 1. The van der Waals surface area contributed by atoms with Crippen LogP contribution in [0.15, 0.2) is 53.5 Å². The molecule has 5 N–H and O–H groups in total. The topological polar surface area (TPSA) is 147 Å². The van der Waals surface area contributed by atoms with Crippen molar-refractivity contribution in [2.75, 3.05) is 18.8 Å². The summed E-state index contributed by atoms with van der Waals surface area (Å²) in [4.78, 5) is 34.8. The van der Waals surface area contributed by atoms with Crippen LogP contribution in [-0.4, -0.2) is 74.0 Å². The zero-order valence-electron chi connectivity index (χ0n) is 40.5. The highest BCUT2D eigenvalue weighted by Gasteiger charge is 2.59. The van der Waals surface area contributed by atoms with Crippen molar-refractivity contribution in [1.82, 2.24) is 10.2 Å². The number of amides is 1. The lowest BCUT2D eigenvalue weighted by molar-refractivity contribution is -0.168. The Balaban J connectivity index is 0.960. The molecule has 12 heteroatoms. The van der Waals surface area contributed by atoms with Gasteiger partial charge in [0.15, 0.2) is 17.5 Å². The van der Waals surface area contributed by atoms with Crippen LogP contribution in [0.25, 0.3) is 0 Å². The van der Waals surface area contributed by atoms with Gasteiger partial charge in [-0.15, -0.1) is 0 Å². The molecule has 6 aliphatic carbocycles. The second kappa shape index (κ2) is 18.7. The number of guanidine groups is 1. The van der Waals surface area contributed by atoms with Crippen LogP contribution in [0.2, 0.25) is 0 Å². The van der Waals surface area contributed by atoms with Crippen LogP contribution in [-0.2, 0) is 27.3 Å². The van der Waals surface area contributed by atoms with Gasteiger partial charge in [0, 0.05) is 78.9 Å². The van der Waals surface area contributed by atoms with E-state index < -0.39 is 17.3 Å². The van der Waals surface area contributed by atoms with E-state index in [0.29, 0.717) is 62.0 Å². The van der Waals surface area contributed by atoms with E-state index >= 15 is 0 Å². The van der Waals surface area contributed by atoms with E-state index in [0.717, 1.165) is 100 Å². The van der Waals surface area contributed by atoms with Crippen molar-refractivity contribution in [3.63, 3.8) is 0 Å². The summed E-state index contributed by atoms with van der Waals surface area (Å²) in [5.74, 6) is 3.15. The molecule has 10 unspecified atom stereocenters. The van der Waals surface area contributed by atoms with Gasteiger partial charge < -0.3 is 35.6 Å². The van der Waals surface area contributed by atoms with Gasteiger partial charge in [-0.2, -0.15) is 0 Å². The number of esters is 1. The van der Waals surface area contributed by atoms with Crippen molar-refractivity contribution < 1.29 is 29.3 Å². The molecular weight excluding hydrogens is 889 g/mol. The number of nitrogens with one attached hydrogen (secondary N) is 1. The number of carbonyl (C=O) groups excluding carboxylic acids is 2. The molecule has 6 fully saturated rings. The fraction of sp³-hybridized carbons (Fsp3) is 0.696. The molecule has 5 saturated carbocycles. The Labute approximate surface area is 412 Å². The summed E-state index contributed by atoms with van der Waals surface area (Å²) in [7, 11) is 4.03. The molecule has 5 heterocycles. The highest BCUT2D eigenvalue weighted by atomic mass is 33.1. The number of rotatable bonds is 2. The number of aromatic hydroxyl groups is 1. The number of phenolic OH excluding ortho intramolecular Hbond substituents is 1. The van der Waals surface area contributed by atoms with E-state index in [9.17, 15) is 19.8 Å². The highest BCUT2D eigenvalue weighted by Crippen LogP contribution is 2.64. The third kappa shape index (κ3) is 8.37. The van der Waals surface area contributed by atoms with Crippen LogP contribution in [0, 0.1) is 28.6 Å². The minimum absolute atomic E-state index is 0.0966. The van der Waals surface area contributed by atoms with Gasteiger partial charge in [0.25, 0.3) is 0 Å². The largest absolute Gasteiger partial charge is 0.504 e. The summed E-state index contributed by atoms with van der Waals surface area (Å²) in [6.07, 6.45) is 26.5. The molecule has 13 rings (SSSR count). The van der Waals surface area contributed by atoms with E-state index in [-0.39, 0.29) is 63.5 Å². The van der Waals surface area contributed by atoms with Gasteiger partial charge in [-0.1, -0.05) is 83.7 Å². The molecule has 368 valence electrons. The number of fused-ring (bicyclic) bond motifs is 11. The number of ether oxygens (including phenoxy) is 2. The number of aliphatic imine (C=N–C) groups is 1. The van der Waals surface area contributed by atoms with Gasteiger partial charge >= 0.3 is 5.97 Å². The van der Waals surface area contributed by atoms with Gasteiger partial charge in [-0.3, -0.25) is 14.6 Å². The van der Waals surface area contributed by atoms with Crippen LogP contribution in [0.3, 0.4) is 0 Å². The Kier molecular flexibility index (Phi) is 12.9. The van der Waals surface area contributed by atoms with E-state index in [1.165, 1.54) is 51.0 Å². The first-order chi connectivity index (χ1) is 32.9. The predicted octanol–water partition coefficient (Wildman–Crippen LogP) is 11.0. The maximum absolute atomic E-state index is 14.8. The Morgan fingerprint density at radius 1 is 0.926 bits per heavy atom. The first-order valence-electron chi connectivity index (χ1n) is 26.8. The van der Waals surface area contributed by atoms with Crippen LogP contribution in [0.4, 0.5) is 0 Å². The van der Waals surface area contributed by atoms with E-state index in [2.05, 4.69) is 53.9 Å². The molecule has 68 heavy (non-hydrogen) atoms. The number of hydrogen-bond donors (Lipinski definition) is 4. The minimum atomic E-state index is -0.783. The number of allylic oxidation sites excluding steroid dienone is 1. The summed E-state index contributed by atoms with van der Waals surface area (Å²) in [5, 5.41) is 28.3. The summed E-state index contributed by atoms with van der Waals surface area (Å²) in [6.45, 7) is 2.93. The number of nitrogens with zero attached hydrogens (tertiary/aromatic N) is 2. The average molecular weight is 965 g/mol. The number of hydrogen-bond acceptors (Lipinski definition) is 11. The van der Waals surface area contributed by atoms with E-state index in [4.69, 9.17) is 20.2 Å². The predicted molar refractivity (Wildman–Crippen MR) is 271 cm³/mol. The molecule has 1 saturated heterocycles. The molecule has 2 aromatic rings. The van der Waals surface area contributed by atoms with Crippen LogP contribution in [0.1, 0.15) is 182 Å². The molecule has 10 nitrogen and oxygen atoms in total. The summed E-state index contributed by atoms with van der Waals surface area (Å²) in [5.41, 5.74) is 9.82. The fourth-order valence-electron chi connectivity index (χ4n) is 16.1. The normalized spacial score (nSPS) is 38.1. The first kappa shape index (κ1) is 47.0. The van der Waals surface area contributed by atoms with Gasteiger partial charge in [-0.05, 0) is 150 Å². The van der Waals surface area contributed by atoms with Gasteiger partial charge in [-0.25, -0.2) is 0 Å². The molecule has 5 aliphatic heterocycles. The quantitative estimate of drug-likeness (QED) is 0.130. The van der Waals surface area contributed by atoms with Crippen LogP contribution in [0.5, 0.6) is 11.5 Å². The van der Waals surface area contributed by atoms with Crippen LogP contribution < -0.4 is 15.8 Å². The fourth-order valence-corrected chi connectivity index (χ4v) is 19.7. The maximum Gasteiger partial charge on any atom is 0.303 e. The third-order valence-electron chi connectivity index (χ3n) is 19.5. The lowest BCUT2D eigenvalue weighted by Gasteiger charge is -2.44. The highest BCUT2D eigenvalue weighted by molar-refractivity contribution is 8.77. The Hall–Kier alpha value is -3.35. The second-order valence-electron chi connectivity index (χ2n) is 23.2. The monoisotopic (exact) mass is 965 g/mol. The first-order valence-corrected chi connectivity index (χ1v) is 29.1. The Morgan fingerprint density at radius 3 is 2.59 bits per heavy atom. The summed E-state index contributed by atoms with van der Waals surface area (Å²) < 4.78 is 13.5. The molecule has 0 aromatic heterocycles. The third-order valence-corrected chi connectivity index (χ3v) is 22.8. The Bertz CT molecular complexity index is 2280. The second-order valence-corrected chi connectivity index (χ2v) is 25.9. The Morgan fingerprint density at radius 2 is 1.76 bits per heavy atom. The maximum atomic E-state index is 14.8. The zero-order chi connectivity index (χ0) is 46.7. The molecule has 11 aliphatic rings. The SMILES string of the molecule is CC(=O)OC12CCc3cc(c(O)c4c3C3C=CC5(CCCC5C3)O4)CN3CC4(CC3=O)C(CCC4c3ccccc3)CN=C(N)NC3(CCCC34CCCC4)SSCCCCCC(CC1)C(O)C2. The van der Waals surface area contributed by atoms with Crippen LogP contribution >= 0.6 is 21.6 Å². The summed E-state index contributed by atoms with van der Waals surface area (Å²) >= 11 is 0. The lowest BCUT2D eigenvalue weighted by Crippen LogP contribution is -2.55. The lowest BCUT2D eigenvalue weighted by atomic mass is 9.68.